The van der Waals surface area contributed by atoms with Crippen LogP contribution in [0.5, 0.6) is 0 Å². The molecule has 1 aromatic rings. The van der Waals surface area contributed by atoms with Crippen molar-refractivity contribution in [2.75, 3.05) is 20.1 Å². The fourth-order valence-electron chi connectivity index (χ4n) is 3.48. The highest BCUT2D eigenvalue weighted by molar-refractivity contribution is 6.26. The first-order chi connectivity index (χ1) is 11.3. The van der Waals surface area contributed by atoms with Crippen LogP contribution in [0.4, 0.5) is 5.69 Å². The van der Waals surface area contributed by atoms with Gasteiger partial charge in [0.25, 0.3) is 0 Å². The molecule has 2 atom stereocenters. The van der Waals surface area contributed by atoms with Crippen LogP contribution in [-0.4, -0.2) is 53.3 Å². The second-order valence-electron chi connectivity index (χ2n) is 7.03. The average Bonchev–Trinajstić information content (AvgIpc) is 3.05. The van der Waals surface area contributed by atoms with E-state index >= 15 is 0 Å². The van der Waals surface area contributed by atoms with Gasteiger partial charge in [-0.2, -0.15) is 0 Å². The maximum Gasteiger partial charge on any atom is 0.322 e. The van der Waals surface area contributed by atoms with E-state index in [1.54, 1.807) is 18.2 Å². The van der Waals surface area contributed by atoms with E-state index in [9.17, 15) is 14.7 Å². The van der Waals surface area contributed by atoms with Gasteiger partial charge >= 0.3 is 5.97 Å². The molecule has 128 valence electrons. The van der Waals surface area contributed by atoms with Crippen LogP contribution in [0.25, 0.3) is 0 Å². The van der Waals surface area contributed by atoms with Crippen LogP contribution in [0, 0.1) is 11.8 Å². The van der Waals surface area contributed by atoms with Gasteiger partial charge in [-0.15, -0.1) is 0 Å². The minimum atomic E-state index is -1.21. The predicted molar refractivity (Wildman–Crippen MR) is 91.8 cm³/mol. The fraction of sp³-hybridized carbons (Fsp3) is 0.500. The number of benzene rings is 1. The highest BCUT2D eigenvalue weighted by Crippen LogP contribution is 2.34. The number of aliphatic imine (C=N–C) groups is 1. The highest BCUT2D eigenvalue weighted by atomic mass is 16.4. The van der Waals surface area contributed by atoms with Crippen LogP contribution in [0.2, 0.25) is 0 Å². The minimum Gasteiger partial charge on any atom is -0.480 e. The van der Waals surface area contributed by atoms with E-state index < -0.39 is 11.9 Å². The molecule has 0 saturated carbocycles. The fourth-order valence-corrected chi connectivity index (χ4v) is 3.48. The Balaban J connectivity index is 1.95. The van der Waals surface area contributed by atoms with Crippen molar-refractivity contribution in [2.24, 2.45) is 16.8 Å². The van der Waals surface area contributed by atoms with Crippen LogP contribution in [0.3, 0.4) is 0 Å². The molecule has 6 heteroatoms. The molecule has 2 heterocycles. The number of nitrogens with zero attached hydrogens (tertiary/aromatic N) is 2. The van der Waals surface area contributed by atoms with Crippen molar-refractivity contribution >= 4 is 23.3 Å². The molecular weight excluding hydrogens is 306 g/mol. The van der Waals surface area contributed by atoms with E-state index in [0.717, 1.165) is 6.42 Å². The Labute approximate surface area is 141 Å². The number of rotatable bonds is 3. The van der Waals surface area contributed by atoms with Gasteiger partial charge in [-0.05, 0) is 45.4 Å². The number of aliphatic carboxylic acids is 1. The maximum atomic E-state index is 12.7. The van der Waals surface area contributed by atoms with Gasteiger partial charge in [0.05, 0.1) is 5.69 Å². The number of fused-ring (bicyclic) bond motifs is 1. The summed E-state index contributed by atoms with van der Waals surface area (Å²) in [7, 11) is 1.93. The lowest BCUT2D eigenvalue weighted by Crippen LogP contribution is -2.47. The smallest absolute Gasteiger partial charge is 0.322 e. The normalized spacial score (nSPS) is 23.9. The van der Waals surface area contributed by atoms with E-state index in [0.29, 0.717) is 36.1 Å². The third kappa shape index (κ3) is 2.71. The summed E-state index contributed by atoms with van der Waals surface area (Å²) in [6.07, 6.45) is 0.940. The summed E-state index contributed by atoms with van der Waals surface area (Å²) in [6.45, 7) is 5.69. The Morgan fingerprint density at radius 2 is 2.08 bits per heavy atom. The van der Waals surface area contributed by atoms with Crippen molar-refractivity contribution in [3.8, 4) is 0 Å². The third-order valence-corrected chi connectivity index (χ3v) is 5.35. The number of para-hydroxylation sites is 1. The molecule has 6 nitrogen and oxygen atoms in total. The summed E-state index contributed by atoms with van der Waals surface area (Å²) in [4.78, 5) is 30.9. The van der Waals surface area contributed by atoms with Crippen LogP contribution < -0.4 is 5.32 Å². The third-order valence-electron chi connectivity index (χ3n) is 5.35. The molecule has 0 aliphatic carbocycles. The molecule has 2 unspecified atom stereocenters. The average molecular weight is 329 g/mol. The van der Waals surface area contributed by atoms with Gasteiger partial charge in [-0.3, -0.25) is 9.59 Å². The molecule has 0 aromatic heterocycles. The molecule has 2 aliphatic heterocycles. The highest BCUT2D eigenvalue weighted by Gasteiger charge is 2.43. The van der Waals surface area contributed by atoms with Crippen molar-refractivity contribution < 1.29 is 14.7 Å². The summed E-state index contributed by atoms with van der Waals surface area (Å²) in [5, 5.41) is 12.9. The molecule has 0 radical (unpaired) electrons. The van der Waals surface area contributed by atoms with E-state index in [2.05, 4.69) is 24.2 Å². The van der Waals surface area contributed by atoms with Gasteiger partial charge in [-0.25, -0.2) is 4.99 Å². The van der Waals surface area contributed by atoms with Gasteiger partial charge in [0.2, 0.25) is 0 Å². The van der Waals surface area contributed by atoms with Gasteiger partial charge < -0.3 is 15.3 Å². The van der Waals surface area contributed by atoms with Crippen LogP contribution in [0.1, 0.15) is 30.6 Å². The number of carboxylic acid groups (broad SMARTS) is 1. The summed E-state index contributed by atoms with van der Waals surface area (Å²) in [5.41, 5.74) is 0.899. The molecule has 0 spiro atoms. The Bertz CT molecular complexity index is 711. The lowest BCUT2D eigenvalue weighted by molar-refractivity contribution is -0.138. The van der Waals surface area contributed by atoms with Crippen LogP contribution in [-0.2, 0) is 4.79 Å². The Morgan fingerprint density at radius 1 is 1.38 bits per heavy atom. The summed E-state index contributed by atoms with van der Waals surface area (Å²) in [5.74, 6) is -1.98. The molecule has 0 bridgehead atoms. The number of amidine groups is 1. The van der Waals surface area contributed by atoms with Gasteiger partial charge in [0, 0.05) is 24.2 Å². The topological polar surface area (TPSA) is 82.0 Å². The lowest BCUT2D eigenvalue weighted by atomic mass is 9.87. The zero-order chi connectivity index (χ0) is 17.5. The van der Waals surface area contributed by atoms with E-state index in [-0.39, 0.29) is 11.3 Å². The standard InChI is InChI=1S/C18H23N3O3/c1-18(2,19-3)11-8-9-21(10-11)16-14(17(23)24)15(22)12-6-4-5-7-13(12)20-16/h4-7,11,14,19H,8-10H2,1-3H3,(H,23,24). The minimum absolute atomic E-state index is 0.0510. The summed E-state index contributed by atoms with van der Waals surface area (Å²) >= 11 is 0. The molecule has 24 heavy (non-hydrogen) atoms. The van der Waals surface area contributed by atoms with Crippen molar-refractivity contribution in [2.45, 2.75) is 25.8 Å². The molecule has 0 amide bonds. The van der Waals surface area contributed by atoms with E-state index in [1.165, 1.54) is 0 Å². The first kappa shape index (κ1) is 16.6. The number of likely N-dealkylation sites (tertiary alicyclic amines) is 1. The number of nitrogens with one attached hydrogen (secondary N) is 1. The molecule has 2 N–H and O–H groups in total. The Morgan fingerprint density at radius 3 is 2.75 bits per heavy atom. The predicted octanol–water partition coefficient (Wildman–Crippen LogP) is 1.93. The monoisotopic (exact) mass is 329 g/mol. The van der Waals surface area contributed by atoms with Crippen molar-refractivity contribution in [1.29, 1.82) is 0 Å². The molecule has 1 fully saturated rings. The SMILES string of the molecule is CNC(C)(C)C1CCN(C2=Nc3ccccc3C(=O)C2C(=O)O)C1. The van der Waals surface area contributed by atoms with Crippen molar-refractivity contribution in [3.05, 3.63) is 29.8 Å². The van der Waals surface area contributed by atoms with Gasteiger partial charge in [0.1, 0.15) is 5.84 Å². The van der Waals surface area contributed by atoms with E-state index in [1.807, 2.05) is 18.0 Å². The number of Topliss-reactive ketones (excluding diaryl/α,β-unsaturated/α-hetero) is 1. The number of hydrogen-bond acceptors (Lipinski definition) is 5. The number of carbonyl (C=O) groups excluding carboxylic acids is 1. The lowest BCUT2D eigenvalue weighted by Gasteiger charge is -2.33. The Kier molecular flexibility index (Phi) is 4.17. The number of ketones is 1. The first-order valence-electron chi connectivity index (χ1n) is 8.23. The first-order valence-corrected chi connectivity index (χ1v) is 8.23. The summed E-state index contributed by atoms with van der Waals surface area (Å²) < 4.78 is 0. The van der Waals surface area contributed by atoms with Crippen LogP contribution >= 0.6 is 0 Å². The van der Waals surface area contributed by atoms with Crippen LogP contribution in [0.15, 0.2) is 29.3 Å². The zero-order valence-corrected chi connectivity index (χ0v) is 14.2. The van der Waals surface area contributed by atoms with Crippen molar-refractivity contribution in [1.82, 2.24) is 10.2 Å². The number of carboxylic acids is 1. The number of hydrogen-bond donors (Lipinski definition) is 2. The molecule has 3 rings (SSSR count). The number of carbonyl (C=O) groups is 2. The Hall–Kier alpha value is -2.21. The van der Waals surface area contributed by atoms with Crippen molar-refractivity contribution in [3.63, 3.8) is 0 Å². The largest absolute Gasteiger partial charge is 0.480 e. The molecule has 1 saturated heterocycles. The molecule has 1 aromatic carbocycles. The summed E-state index contributed by atoms with van der Waals surface area (Å²) in [6, 6.07) is 6.95. The second-order valence-corrected chi connectivity index (χ2v) is 7.03. The zero-order valence-electron chi connectivity index (χ0n) is 14.2. The van der Waals surface area contributed by atoms with Gasteiger partial charge in [-0.1, -0.05) is 12.1 Å². The van der Waals surface area contributed by atoms with Gasteiger partial charge in [0.15, 0.2) is 11.7 Å². The molecular formula is C18H23N3O3. The second kappa shape index (κ2) is 6.02. The van der Waals surface area contributed by atoms with E-state index in [4.69, 9.17) is 0 Å². The quantitative estimate of drug-likeness (QED) is 0.828. The molecule has 2 aliphatic rings. The maximum absolute atomic E-state index is 12.7.